The number of hydrogen-bond acceptors (Lipinski definition) is 3. The van der Waals surface area contributed by atoms with Crippen molar-refractivity contribution in [2.45, 2.75) is 26.9 Å². The Labute approximate surface area is 151 Å². The van der Waals surface area contributed by atoms with Gasteiger partial charge in [0, 0.05) is 12.2 Å². The molecule has 0 aliphatic rings. The average Bonchev–Trinajstić information content (AvgIpc) is 2.58. The Morgan fingerprint density at radius 3 is 2.54 bits per heavy atom. The third kappa shape index (κ3) is 5.61. The zero-order valence-corrected chi connectivity index (χ0v) is 15.1. The summed E-state index contributed by atoms with van der Waals surface area (Å²) in [6.07, 6.45) is 0.527. The van der Waals surface area contributed by atoms with Gasteiger partial charge in [0.1, 0.15) is 0 Å². The molecular weight excluding hydrogens is 340 g/mol. The van der Waals surface area contributed by atoms with Gasteiger partial charge in [-0.05, 0) is 61.2 Å². The molecule has 0 unspecified atom stereocenters. The van der Waals surface area contributed by atoms with E-state index >= 15 is 0 Å². The number of rotatable bonds is 7. The van der Waals surface area contributed by atoms with E-state index in [-0.39, 0.29) is 11.5 Å². The molecule has 0 spiro atoms. The third-order valence-electron chi connectivity index (χ3n) is 3.91. The zero-order chi connectivity index (χ0) is 19.1. The van der Waals surface area contributed by atoms with E-state index in [4.69, 9.17) is 10.5 Å². The minimum Gasteiger partial charge on any atom is -0.493 e. The van der Waals surface area contributed by atoms with Crippen molar-refractivity contribution >= 4 is 11.6 Å². The number of halogens is 2. The number of alkyl halides is 2. The second-order valence-electron chi connectivity index (χ2n) is 5.80. The summed E-state index contributed by atoms with van der Waals surface area (Å²) in [6, 6.07) is 10.8. The van der Waals surface area contributed by atoms with Gasteiger partial charge < -0.3 is 20.5 Å². The molecule has 0 aliphatic carbocycles. The van der Waals surface area contributed by atoms with E-state index in [0.29, 0.717) is 18.9 Å². The van der Waals surface area contributed by atoms with Crippen molar-refractivity contribution in [3.8, 4) is 11.5 Å². The van der Waals surface area contributed by atoms with E-state index in [1.165, 1.54) is 18.7 Å². The molecule has 2 aromatic rings. The molecule has 2 rings (SSSR count). The lowest BCUT2D eigenvalue weighted by Gasteiger charge is -2.11. The van der Waals surface area contributed by atoms with Crippen LogP contribution in [0.1, 0.15) is 16.7 Å². The van der Waals surface area contributed by atoms with Crippen LogP contribution in [0.25, 0.3) is 0 Å². The monoisotopic (exact) mass is 363 g/mol. The highest BCUT2D eigenvalue weighted by molar-refractivity contribution is 5.92. The highest BCUT2D eigenvalue weighted by Crippen LogP contribution is 2.29. The van der Waals surface area contributed by atoms with Gasteiger partial charge in [-0.25, -0.2) is 0 Å². The maximum absolute atomic E-state index is 12.5. The molecule has 0 atom stereocenters. The molecule has 0 aliphatic heterocycles. The molecule has 0 amide bonds. The van der Waals surface area contributed by atoms with E-state index < -0.39 is 6.61 Å². The molecule has 0 saturated carbocycles. The Hall–Kier alpha value is -2.83. The van der Waals surface area contributed by atoms with E-state index in [2.05, 4.69) is 15.0 Å². The van der Waals surface area contributed by atoms with Gasteiger partial charge in [0.2, 0.25) is 0 Å². The van der Waals surface area contributed by atoms with Crippen molar-refractivity contribution in [3.05, 3.63) is 53.1 Å². The van der Waals surface area contributed by atoms with Gasteiger partial charge in [-0.15, -0.1) is 0 Å². The maximum atomic E-state index is 12.5. The fourth-order valence-electron chi connectivity index (χ4n) is 2.38. The number of aryl methyl sites for hydroxylation is 2. The Balaban J connectivity index is 1.97. The van der Waals surface area contributed by atoms with E-state index in [0.717, 1.165) is 16.8 Å². The number of hydrogen-bond donors (Lipinski definition) is 2. The van der Waals surface area contributed by atoms with Crippen LogP contribution in [0.2, 0.25) is 0 Å². The lowest BCUT2D eigenvalue weighted by molar-refractivity contribution is -0.0512. The molecule has 2 aromatic carbocycles. The molecule has 0 bridgehead atoms. The molecule has 5 nitrogen and oxygen atoms in total. The van der Waals surface area contributed by atoms with Crippen LogP contribution in [0.4, 0.5) is 14.5 Å². The first-order chi connectivity index (χ1) is 12.4. The largest absolute Gasteiger partial charge is 0.493 e. The number of nitrogens with one attached hydrogen (secondary N) is 1. The van der Waals surface area contributed by atoms with Gasteiger partial charge in [-0.3, -0.25) is 4.99 Å². The number of guanidine groups is 1. The van der Waals surface area contributed by atoms with Crippen LogP contribution < -0.4 is 20.5 Å². The fraction of sp³-hybridized carbons (Fsp3) is 0.316. The summed E-state index contributed by atoms with van der Waals surface area (Å²) in [6.45, 7) is 1.56. The Morgan fingerprint density at radius 2 is 1.88 bits per heavy atom. The summed E-state index contributed by atoms with van der Waals surface area (Å²) in [5.41, 5.74) is 9.92. The summed E-state index contributed by atoms with van der Waals surface area (Å²) >= 11 is 0. The van der Waals surface area contributed by atoms with Gasteiger partial charge in [-0.1, -0.05) is 12.1 Å². The number of anilines is 1. The van der Waals surface area contributed by atoms with Crippen molar-refractivity contribution in [2.24, 2.45) is 10.7 Å². The predicted octanol–water partition coefficient (Wildman–Crippen LogP) is 3.88. The quantitative estimate of drug-likeness (QED) is 0.579. The molecule has 0 radical (unpaired) electrons. The van der Waals surface area contributed by atoms with Gasteiger partial charge in [-0.2, -0.15) is 8.78 Å². The zero-order valence-electron chi connectivity index (χ0n) is 15.1. The first kappa shape index (κ1) is 19.5. The van der Waals surface area contributed by atoms with Crippen LogP contribution in [-0.4, -0.2) is 26.2 Å². The number of benzene rings is 2. The molecule has 0 fully saturated rings. The molecule has 7 heteroatoms. The SMILES string of the molecule is COc1ccc(CCN=C(N)Nc2ccc(C)c(C)c2)cc1OC(F)F. The van der Waals surface area contributed by atoms with Crippen LogP contribution >= 0.6 is 0 Å². The molecule has 0 saturated heterocycles. The van der Waals surface area contributed by atoms with Crippen LogP contribution in [0, 0.1) is 13.8 Å². The third-order valence-corrected chi connectivity index (χ3v) is 3.91. The number of nitrogens with zero attached hydrogens (tertiary/aromatic N) is 1. The number of nitrogens with two attached hydrogens (primary N) is 1. The number of methoxy groups -OCH3 is 1. The summed E-state index contributed by atoms with van der Waals surface area (Å²) in [7, 11) is 1.40. The lowest BCUT2D eigenvalue weighted by atomic mass is 10.1. The van der Waals surface area contributed by atoms with Gasteiger partial charge >= 0.3 is 6.61 Å². The average molecular weight is 363 g/mol. The van der Waals surface area contributed by atoms with Crippen LogP contribution in [0.3, 0.4) is 0 Å². The highest BCUT2D eigenvalue weighted by atomic mass is 19.3. The van der Waals surface area contributed by atoms with Crippen molar-refractivity contribution in [2.75, 3.05) is 19.0 Å². The first-order valence-corrected chi connectivity index (χ1v) is 8.15. The Morgan fingerprint density at radius 1 is 1.12 bits per heavy atom. The van der Waals surface area contributed by atoms with Crippen LogP contribution in [0.15, 0.2) is 41.4 Å². The standard InChI is InChI=1S/C19H23F2N3O2/c1-12-4-6-15(10-13(12)2)24-19(22)23-9-8-14-5-7-16(25-3)17(11-14)26-18(20)21/h4-7,10-11,18H,8-9H2,1-3H3,(H3,22,23,24). The molecule has 0 heterocycles. The van der Waals surface area contributed by atoms with Crippen LogP contribution in [0.5, 0.6) is 11.5 Å². The lowest BCUT2D eigenvalue weighted by Crippen LogP contribution is -2.23. The minimum absolute atomic E-state index is 0.00482. The van der Waals surface area contributed by atoms with Crippen LogP contribution in [-0.2, 0) is 6.42 Å². The molecule has 140 valence electrons. The summed E-state index contributed by atoms with van der Waals surface area (Å²) in [5, 5.41) is 3.04. The van der Waals surface area contributed by atoms with Gasteiger partial charge in [0.25, 0.3) is 0 Å². The topological polar surface area (TPSA) is 68.9 Å². The Kier molecular flexibility index (Phi) is 6.77. The first-order valence-electron chi connectivity index (χ1n) is 8.15. The smallest absolute Gasteiger partial charge is 0.387 e. The van der Waals surface area contributed by atoms with Crippen molar-refractivity contribution in [1.29, 1.82) is 0 Å². The second-order valence-corrected chi connectivity index (χ2v) is 5.80. The molecule has 3 N–H and O–H groups in total. The van der Waals surface area contributed by atoms with E-state index in [9.17, 15) is 8.78 Å². The number of aliphatic imine (C=N–C) groups is 1. The second kappa shape index (κ2) is 9.03. The summed E-state index contributed by atoms with van der Waals surface area (Å²) < 4.78 is 34.4. The maximum Gasteiger partial charge on any atom is 0.387 e. The van der Waals surface area contributed by atoms with Crippen molar-refractivity contribution in [1.82, 2.24) is 0 Å². The minimum atomic E-state index is -2.91. The predicted molar refractivity (Wildman–Crippen MR) is 99.4 cm³/mol. The fourth-order valence-corrected chi connectivity index (χ4v) is 2.38. The summed E-state index contributed by atoms with van der Waals surface area (Å²) in [5.74, 6) is 0.560. The van der Waals surface area contributed by atoms with Gasteiger partial charge in [0.15, 0.2) is 17.5 Å². The normalized spacial score (nSPS) is 11.5. The van der Waals surface area contributed by atoms with Crippen molar-refractivity contribution < 1.29 is 18.3 Å². The Bertz CT molecular complexity index is 779. The van der Waals surface area contributed by atoms with Gasteiger partial charge in [0.05, 0.1) is 7.11 Å². The van der Waals surface area contributed by atoms with E-state index in [1.807, 2.05) is 32.0 Å². The highest BCUT2D eigenvalue weighted by Gasteiger charge is 2.11. The molecular formula is C19H23F2N3O2. The molecule has 0 aromatic heterocycles. The number of ether oxygens (including phenoxy) is 2. The summed E-state index contributed by atoms with van der Waals surface area (Å²) in [4.78, 5) is 4.26. The van der Waals surface area contributed by atoms with E-state index in [1.54, 1.807) is 12.1 Å². The van der Waals surface area contributed by atoms with Crippen molar-refractivity contribution in [3.63, 3.8) is 0 Å². The molecule has 26 heavy (non-hydrogen) atoms.